The van der Waals surface area contributed by atoms with Crippen LogP contribution in [0.3, 0.4) is 0 Å². The van der Waals surface area contributed by atoms with E-state index in [1.165, 1.54) is 0 Å². The molecule has 0 radical (unpaired) electrons. The van der Waals surface area contributed by atoms with E-state index in [4.69, 9.17) is 22.5 Å². The highest BCUT2D eigenvalue weighted by Gasteiger charge is 2.22. The van der Waals surface area contributed by atoms with Crippen LogP contribution in [0, 0.1) is 8.99 Å². The SMILES string of the molecule is CC(C)(CCCCNc1ccc(Cl)cc1I)/C(N)=N/O. The number of anilines is 1. The maximum absolute atomic E-state index is 8.71. The zero-order valence-electron chi connectivity index (χ0n) is 11.8. The number of hydrogen-bond donors (Lipinski definition) is 3. The molecule has 0 fully saturated rings. The van der Waals surface area contributed by atoms with Gasteiger partial charge in [-0.2, -0.15) is 0 Å². The van der Waals surface area contributed by atoms with E-state index in [-0.39, 0.29) is 11.3 Å². The van der Waals surface area contributed by atoms with Gasteiger partial charge >= 0.3 is 0 Å². The molecule has 0 heterocycles. The third kappa shape index (κ3) is 5.36. The monoisotopic (exact) mass is 409 g/mol. The van der Waals surface area contributed by atoms with Crippen LogP contribution in [-0.4, -0.2) is 17.6 Å². The quantitative estimate of drug-likeness (QED) is 0.157. The van der Waals surface area contributed by atoms with E-state index >= 15 is 0 Å². The second kappa shape index (κ2) is 7.93. The Hall–Kier alpha value is -0.690. The molecule has 6 heteroatoms. The van der Waals surface area contributed by atoms with Crippen LogP contribution in [0.5, 0.6) is 0 Å². The van der Waals surface area contributed by atoms with Gasteiger partial charge in [-0.3, -0.25) is 0 Å². The Morgan fingerprint density at radius 3 is 2.75 bits per heavy atom. The van der Waals surface area contributed by atoms with E-state index in [0.717, 1.165) is 40.1 Å². The Kier molecular flexibility index (Phi) is 6.88. The Morgan fingerprint density at radius 1 is 1.45 bits per heavy atom. The number of rotatable bonds is 7. The molecule has 0 spiro atoms. The molecule has 0 aliphatic heterocycles. The molecule has 0 saturated carbocycles. The minimum absolute atomic E-state index is 0.260. The fraction of sp³-hybridized carbons (Fsp3) is 0.500. The molecule has 0 atom stereocenters. The molecule has 0 unspecified atom stereocenters. The number of hydrogen-bond acceptors (Lipinski definition) is 3. The number of amidine groups is 1. The first-order valence-electron chi connectivity index (χ1n) is 6.54. The Bertz CT molecular complexity index is 477. The van der Waals surface area contributed by atoms with Gasteiger partial charge in [0.25, 0.3) is 0 Å². The van der Waals surface area contributed by atoms with E-state index in [9.17, 15) is 0 Å². The molecule has 0 amide bonds. The highest BCUT2D eigenvalue weighted by atomic mass is 127. The van der Waals surface area contributed by atoms with Crippen LogP contribution in [0.15, 0.2) is 23.4 Å². The van der Waals surface area contributed by atoms with Crippen molar-refractivity contribution in [3.05, 3.63) is 26.8 Å². The fourth-order valence-corrected chi connectivity index (χ4v) is 2.87. The minimum atomic E-state index is -0.260. The zero-order valence-corrected chi connectivity index (χ0v) is 14.7. The van der Waals surface area contributed by atoms with Crippen LogP contribution in [0.1, 0.15) is 33.1 Å². The molecular weight excluding hydrogens is 389 g/mol. The zero-order chi connectivity index (χ0) is 15.2. The first-order chi connectivity index (χ1) is 9.36. The largest absolute Gasteiger partial charge is 0.409 e. The lowest BCUT2D eigenvalue weighted by Gasteiger charge is -2.22. The van der Waals surface area contributed by atoms with Crippen molar-refractivity contribution in [1.29, 1.82) is 0 Å². The van der Waals surface area contributed by atoms with Crippen molar-refractivity contribution in [2.45, 2.75) is 33.1 Å². The van der Waals surface area contributed by atoms with Crippen LogP contribution in [0.4, 0.5) is 5.69 Å². The second-order valence-corrected chi connectivity index (χ2v) is 6.98. The first kappa shape index (κ1) is 17.4. The third-order valence-corrected chi connectivity index (χ3v) is 4.40. The van der Waals surface area contributed by atoms with Gasteiger partial charge in [-0.25, -0.2) is 0 Å². The van der Waals surface area contributed by atoms with Gasteiger partial charge in [0, 0.05) is 26.2 Å². The van der Waals surface area contributed by atoms with Gasteiger partial charge in [0.2, 0.25) is 0 Å². The summed E-state index contributed by atoms with van der Waals surface area (Å²) in [5, 5.41) is 15.9. The van der Waals surface area contributed by atoms with E-state index < -0.39 is 0 Å². The Morgan fingerprint density at radius 2 is 2.15 bits per heavy atom. The lowest BCUT2D eigenvalue weighted by atomic mass is 9.86. The maximum atomic E-state index is 8.71. The summed E-state index contributed by atoms with van der Waals surface area (Å²) in [7, 11) is 0. The molecule has 0 bridgehead atoms. The van der Waals surface area contributed by atoms with Crippen molar-refractivity contribution < 1.29 is 5.21 Å². The highest BCUT2D eigenvalue weighted by Crippen LogP contribution is 2.24. The van der Waals surface area contributed by atoms with Gasteiger partial charge in [-0.1, -0.05) is 37.0 Å². The summed E-state index contributed by atoms with van der Waals surface area (Å²) in [6, 6.07) is 5.81. The Balaban J connectivity index is 2.32. The molecule has 0 aliphatic rings. The average molecular weight is 410 g/mol. The van der Waals surface area contributed by atoms with E-state index in [1.54, 1.807) is 0 Å². The lowest BCUT2D eigenvalue weighted by molar-refractivity contribution is 0.304. The second-order valence-electron chi connectivity index (χ2n) is 5.38. The van der Waals surface area contributed by atoms with Gasteiger partial charge < -0.3 is 16.3 Å². The van der Waals surface area contributed by atoms with Gasteiger partial charge in [-0.15, -0.1) is 0 Å². The first-order valence-corrected chi connectivity index (χ1v) is 7.99. The number of halogens is 2. The number of unbranched alkanes of at least 4 members (excludes halogenated alkanes) is 1. The van der Waals surface area contributed by atoms with Crippen molar-refractivity contribution in [1.82, 2.24) is 0 Å². The summed E-state index contributed by atoms with van der Waals surface area (Å²) < 4.78 is 1.12. The van der Waals surface area contributed by atoms with E-state index in [0.29, 0.717) is 0 Å². The van der Waals surface area contributed by atoms with Crippen molar-refractivity contribution in [3.8, 4) is 0 Å². The van der Waals surface area contributed by atoms with Gasteiger partial charge in [0.05, 0.1) is 0 Å². The van der Waals surface area contributed by atoms with Gasteiger partial charge in [0.1, 0.15) is 5.84 Å². The molecule has 0 aromatic heterocycles. The van der Waals surface area contributed by atoms with Gasteiger partial charge in [-0.05, 0) is 53.6 Å². The molecule has 112 valence electrons. The third-order valence-electron chi connectivity index (χ3n) is 3.28. The van der Waals surface area contributed by atoms with Crippen molar-refractivity contribution in [2.24, 2.45) is 16.3 Å². The van der Waals surface area contributed by atoms with Crippen molar-refractivity contribution in [3.63, 3.8) is 0 Å². The van der Waals surface area contributed by atoms with E-state index in [1.807, 2.05) is 32.0 Å². The van der Waals surface area contributed by atoms with Gasteiger partial charge in [0.15, 0.2) is 0 Å². The molecule has 4 N–H and O–H groups in total. The average Bonchev–Trinajstić information content (AvgIpc) is 2.39. The predicted octanol–water partition coefficient (Wildman–Crippen LogP) is 4.30. The van der Waals surface area contributed by atoms with E-state index in [2.05, 4.69) is 33.1 Å². The summed E-state index contributed by atoms with van der Waals surface area (Å²) in [4.78, 5) is 0. The van der Waals surface area contributed by atoms with Crippen LogP contribution in [0.2, 0.25) is 5.02 Å². The number of benzene rings is 1. The number of nitrogens with one attached hydrogen (secondary N) is 1. The Labute approximate surface area is 138 Å². The summed E-state index contributed by atoms with van der Waals surface area (Å²) in [6.45, 7) is 4.86. The van der Waals surface area contributed by atoms with Crippen LogP contribution in [0.25, 0.3) is 0 Å². The number of nitrogens with two attached hydrogens (primary N) is 1. The number of oxime groups is 1. The van der Waals surface area contributed by atoms with Crippen molar-refractivity contribution in [2.75, 3.05) is 11.9 Å². The summed E-state index contributed by atoms with van der Waals surface area (Å²) in [6.07, 6.45) is 2.93. The molecular formula is C14H21ClIN3O. The normalized spacial score (nSPS) is 12.5. The molecule has 1 aromatic carbocycles. The van der Waals surface area contributed by atoms with Crippen molar-refractivity contribution >= 4 is 45.7 Å². The molecule has 0 saturated heterocycles. The maximum Gasteiger partial charge on any atom is 0.144 e. The molecule has 20 heavy (non-hydrogen) atoms. The lowest BCUT2D eigenvalue weighted by Crippen LogP contribution is -2.31. The minimum Gasteiger partial charge on any atom is -0.409 e. The molecule has 1 rings (SSSR count). The summed E-state index contributed by atoms with van der Waals surface area (Å²) >= 11 is 8.18. The smallest absolute Gasteiger partial charge is 0.144 e. The van der Waals surface area contributed by atoms with Crippen LogP contribution < -0.4 is 11.1 Å². The fourth-order valence-electron chi connectivity index (χ4n) is 1.81. The molecule has 0 aliphatic carbocycles. The standard InChI is InChI=1S/C14H21ClIN3O/c1-14(2,13(17)19-20)7-3-4-8-18-12-6-5-10(15)9-11(12)16/h5-6,9,18,20H,3-4,7-8H2,1-2H3,(H2,17,19). The topological polar surface area (TPSA) is 70.6 Å². The van der Waals surface area contributed by atoms with Crippen LogP contribution >= 0.6 is 34.2 Å². The molecule has 1 aromatic rings. The summed E-state index contributed by atoms with van der Waals surface area (Å²) in [5.74, 6) is 0.290. The molecule has 4 nitrogen and oxygen atoms in total. The van der Waals surface area contributed by atoms with Crippen LogP contribution in [-0.2, 0) is 0 Å². The predicted molar refractivity (Wildman–Crippen MR) is 93.7 cm³/mol. The number of nitrogens with zero attached hydrogens (tertiary/aromatic N) is 1. The summed E-state index contributed by atoms with van der Waals surface area (Å²) in [5.41, 5.74) is 6.50. The highest BCUT2D eigenvalue weighted by molar-refractivity contribution is 14.1.